The van der Waals surface area contributed by atoms with Crippen LogP contribution >= 0.6 is 15.9 Å². The lowest BCUT2D eigenvalue weighted by Crippen LogP contribution is -2.42. The van der Waals surface area contributed by atoms with Gasteiger partial charge in [0.1, 0.15) is 0 Å². The fourth-order valence-electron chi connectivity index (χ4n) is 1.60. The van der Waals surface area contributed by atoms with E-state index in [4.69, 9.17) is 10.2 Å². The molecular weight excluding hydrogens is 282 g/mol. The molecule has 0 fully saturated rings. The summed E-state index contributed by atoms with van der Waals surface area (Å²) in [5, 5.41) is 21.2. The molecule has 0 radical (unpaired) electrons. The summed E-state index contributed by atoms with van der Waals surface area (Å²) < 4.78 is 1.06. The van der Waals surface area contributed by atoms with E-state index in [0.29, 0.717) is 6.54 Å². The van der Waals surface area contributed by atoms with Crippen LogP contribution in [0, 0.1) is 0 Å². The first-order valence-corrected chi connectivity index (χ1v) is 6.50. The molecule has 0 spiro atoms. The molecule has 1 aromatic rings. The molecule has 0 unspecified atom stereocenters. The predicted molar refractivity (Wildman–Crippen MR) is 73.1 cm³/mol. The van der Waals surface area contributed by atoms with Gasteiger partial charge in [0.05, 0.1) is 19.3 Å². The van der Waals surface area contributed by atoms with Gasteiger partial charge in [-0.1, -0.05) is 41.9 Å². The lowest BCUT2D eigenvalue weighted by atomic mass is 9.84. The molecule has 3 N–H and O–H groups in total. The van der Waals surface area contributed by atoms with Gasteiger partial charge in [0.15, 0.2) is 0 Å². The summed E-state index contributed by atoms with van der Waals surface area (Å²) in [6.45, 7) is 4.87. The first-order valence-electron chi connectivity index (χ1n) is 5.71. The highest BCUT2D eigenvalue weighted by Crippen LogP contribution is 2.25. The molecule has 0 aliphatic heterocycles. The van der Waals surface area contributed by atoms with E-state index in [1.54, 1.807) is 0 Å². The molecule has 17 heavy (non-hydrogen) atoms. The number of aliphatic hydroxyl groups is 2. The zero-order chi connectivity index (χ0) is 12.9. The number of aliphatic hydroxyl groups excluding tert-OH is 2. The Balaban J connectivity index is 2.68. The van der Waals surface area contributed by atoms with Crippen molar-refractivity contribution in [3.05, 3.63) is 34.3 Å². The van der Waals surface area contributed by atoms with Crippen molar-refractivity contribution in [1.29, 1.82) is 0 Å². The van der Waals surface area contributed by atoms with Crippen LogP contribution in [-0.4, -0.2) is 36.0 Å². The van der Waals surface area contributed by atoms with Gasteiger partial charge in [-0.3, -0.25) is 0 Å². The normalized spacial score (nSPS) is 12.1. The van der Waals surface area contributed by atoms with E-state index in [1.165, 1.54) is 5.56 Å². The van der Waals surface area contributed by atoms with Crippen molar-refractivity contribution in [2.75, 3.05) is 19.8 Å². The molecule has 0 saturated heterocycles. The molecule has 0 amide bonds. The second kappa shape index (κ2) is 6.50. The Labute approximate surface area is 111 Å². The zero-order valence-corrected chi connectivity index (χ0v) is 11.9. The number of hydrogen-bond acceptors (Lipinski definition) is 3. The smallest absolute Gasteiger partial charge is 0.0607 e. The molecule has 0 bridgehead atoms. The minimum atomic E-state index is -0.249. The van der Waals surface area contributed by atoms with Crippen molar-refractivity contribution in [3.63, 3.8) is 0 Å². The third kappa shape index (κ3) is 4.39. The van der Waals surface area contributed by atoms with Gasteiger partial charge in [-0.25, -0.2) is 0 Å². The molecule has 0 aliphatic carbocycles. The molecule has 0 atom stereocenters. The quantitative estimate of drug-likeness (QED) is 0.749. The number of nitrogens with one attached hydrogen (secondary N) is 1. The van der Waals surface area contributed by atoms with Gasteiger partial charge in [0.25, 0.3) is 0 Å². The largest absolute Gasteiger partial charge is 0.395 e. The van der Waals surface area contributed by atoms with Crippen LogP contribution in [0.1, 0.15) is 19.4 Å². The fourth-order valence-corrected chi connectivity index (χ4v) is 2.00. The van der Waals surface area contributed by atoms with E-state index >= 15 is 0 Å². The number of benzene rings is 1. The molecule has 0 heterocycles. The van der Waals surface area contributed by atoms with Crippen molar-refractivity contribution in [2.45, 2.75) is 25.3 Å². The van der Waals surface area contributed by atoms with Crippen LogP contribution in [0.4, 0.5) is 0 Å². The molecule has 3 nitrogen and oxygen atoms in total. The van der Waals surface area contributed by atoms with E-state index in [-0.39, 0.29) is 24.7 Å². The summed E-state index contributed by atoms with van der Waals surface area (Å²) in [4.78, 5) is 0. The molecule has 4 heteroatoms. The van der Waals surface area contributed by atoms with Gasteiger partial charge in [-0.2, -0.15) is 0 Å². The minimum Gasteiger partial charge on any atom is -0.395 e. The van der Waals surface area contributed by atoms with E-state index in [0.717, 1.165) is 4.47 Å². The van der Waals surface area contributed by atoms with E-state index in [9.17, 15) is 0 Å². The van der Waals surface area contributed by atoms with Crippen LogP contribution in [0.2, 0.25) is 0 Å². The fraction of sp³-hybridized carbons (Fsp3) is 0.538. The summed E-state index contributed by atoms with van der Waals surface area (Å²) in [5.41, 5.74) is 1.17. The second-order valence-electron chi connectivity index (χ2n) is 4.84. The van der Waals surface area contributed by atoms with Crippen LogP contribution in [0.3, 0.4) is 0 Å². The van der Waals surface area contributed by atoms with Crippen molar-refractivity contribution < 1.29 is 10.2 Å². The van der Waals surface area contributed by atoms with Crippen LogP contribution in [0.15, 0.2) is 28.7 Å². The van der Waals surface area contributed by atoms with Gasteiger partial charge in [-0.15, -0.1) is 0 Å². The van der Waals surface area contributed by atoms with Gasteiger partial charge in [0, 0.05) is 16.4 Å². The van der Waals surface area contributed by atoms with Crippen molar-refractivity contribution >= 4 is 15.9 Å². The molecular formula is C13H20BrNO2. The van der Waals surface area contributed by atoms with Crippen LogP contribution in [-0.2, 0) is 5.41 Å². The average molecular weight is 302 g/mol. The Morgan fingerprint density at radius 1 is 1.29 bits per heavy atom. The highest BCUT2D eigenvalue weighted by atomic mass is 79.9. The first kappa shape index (κ1) is 14.6. The molecule has 1 aromatic carbocycles. The zero-order valence-electron chi connectivity index (χ0n) is 10.3. The Bertz CT molecular complexity index is 351. The minimum absolute atomic E-state index is 0.0492. The lowest BCUT2D eigenvalue weighted by Gasteiger charge is -2.28. The number of halogens is 1. The topological polar surface area (TPSA) is 52.5 Å². The molecule has 0 saturated carbocycles. The van der Waals surface area contributed by atoms with E-state index in [1.807, 2.05) is 12.1 Å². The molecule has 1 rings (SSSR count). The highest BCUT2D eigenvalue weighted by Gasteiger charge is 2.21. The molecule has 96 valence electrons. The van der Waals surface area contributed by atoms with Gasteiger partial charge < -0.3 is 15.5 Å². The summed E-state index contributed by atoms with van der Waals surface area (Å²) in [7, 11) is 0. The van der Waals surface area contributed by atoms with E-state index in [2.05, 4.69) is 47.2 Å². The Kier molecular flexibility index (Phi) is 5.59. The SMILES string of the molecule is CC(C)(CNC(CO)CO)c1cccc(Br)c1. The average Bonchev–Trinajstić information content (AvgIpc) is 2.30. The Hall–Kier alpha value is -0.420. The maximum absolute atomic E-state index is 9.01. The summed E-state index contributed by atoms with van der Waals surface area (Å²) in [5.74, 6) is 0. The number of hydrogen-bond donors (Lipinski definition) is 3. The predicted octanol–water partition coefficient (Wildman–Crippen LogP) is 1.67. The Morgan fingerprint density at radius 2 is 1.94 bits per heavy atom. The van der Waals surface area contributed by atoms with Crippen LogP contribution in [0.25, 0.3) is 0 Å². The highest BCUT2D eigenvalue weighted by molar-refractivity contribution is 9.10. The van der Waals surface area contributed by atoms with Crippen molar-refractivity contribution in [1.82, 2.24) is 5.32 Å². The van der Waals surface area contributed by atoms with Gasteiger partial charge in [-0.05, 0) is 17.7 Å². The standard InChI is InChI=1S/C13H20BrNO2/c1-13(2,9-15-12(7-16)8-17)10-4-3-5-11(14)6-10/h3-6,12,15-17H,7-9H2,1-2H3. The summed E-state index contributed by atoms with van der Waals surface area (Å²) in [6.07, 6.45) is 0. The van der Waals surface area contributed by atoms with E-state index < -0.39 is 0 Å². The lowest BCUT2D eigenvalue weighted by molar-refractivity contribution is 0.166. The second-order valence-corrected chi connectivity index (χ2v) is 5.75. The third-order valence-electron chi connectivity index (χ3n) is 2.88. The van der Waals surface area contributed by atoms with Gasteiger partial charge in [0.2, 0.25) is 0 Å². The maximum atomic E-state index is 9.01. The van der Waals surface area contributed by atoms with Crippen LogP contribution < -0.4 is 5.32 Å². The monoisotopic (exact) mass is 301 g/mol. The first-order chi connectivity index (χ1) is 7.99. The maximum Gasteiger partial charge on any atom is 0.0607 e. The molecule has 0 aromatic heterocycles. The van der Waals surface area contributed by atoms with Crippen LogP contribution in [0.5, 0.6) is 0 Å². The third-order valence-corrected chi connectivity index (χ3v) is 3.37. The number of rotatable bonds is 6. The molecule has 0 aliphatic rings. The summed E-state index contributed by atoms with van der Waals surface area (Å²) in [6, 6.07) is 7.93. The van der Waals surface area contributed by atoms with Crippen molar-refractivity contribution in [2.24, 2.45) is 0 Å². The Morgan fingerprint density at radius 3 is 2.47 bits per heavy atom. The van der Waals surface area contributed by atoms with Gasteiger partial charge >= 0.3 is 0 Å². The van der Waals surface area contributed by atoms with Crippen molar-refractivity contribution in [3.8, 4) is 0 Å². The summed E-state index contributed by atoms with van der Waals surface area (Å²) >= 11 is 3.46.